The molecule has 6 heteroatoms. The van der Waals surface area contributed by atoms with Gasteiger partial charge in [0.25, 0.3) is 0 Å². The highest BCUT2D eigenvalue weighted by molar-refractivity contribution is 4.91. The Hall–Kier alpha value is -0.240. The van der Waals surface area contributed by atoms with Crippen LogP contribution in [0.4, 0.5) is 0 Å². The second kappa shape index (κ2) is 13.0. The number of aliphatic hydroxyl groups excluding tert-OH is 3. The molecule has 0 aromatic rings. The van der Waals surface area contributed by atoms with Crippen LogP contribution in [0.25, 0.3) is 0 Å². The van der Waals surface area contributed by atoms with Crippen LogP contribution in [0, 0.1) is 0 Å². The molecule has 1 rings (SSSR count). The zero-order valence-corrected chi connectivity index (χ0v) is 15.1. The first-order valence-electron chi connectivity index (χ1n) is 9.61. The summed E-state index contributed by atoms with van der Waals surface area (Å²) in [4.78, 5) is 0. The Morgan fingerprint density at radius 2 is 1.42 bits per heavy atom. The third-order valence-corrected chi connectivity index (χ3v) is 4.71. The molecule has 0 spiro atoms. The van der Waals surface area contributed by atoms with Gasteiger partial charge in [0.05, 0.1) is 12.6 Å². The predicted molar refractivity (Wildman–Crippen MR) is 93.5 cm³/mol. The molecular formula is C18H37NO5. The highest BCUT2D eigenvalue weighted by atomic mass is 16.7. The highest BCUT2D eigenvalue weighted by Crippen LogP contribution is 2.21. The maximum Gasteiger partial charge on any atom is 0.175 e. The summed E-state index contributed by atoms with van der Waals surface area (Å²) in [6.07, 6.45) is 8.56. The van der Waals surface area contributed by atoms with Gasteiger partial charge in [-0.3, -0.25) is 0 Å². The molecule has 0 saturated carbocycles. The second-order valence-corrected chi connectivity index (χ2v) is 6.84. The van der Waals surface area contributed by atoms with Crippen LogP contribution >= 0.6 is 0 Å². The first kappa shape index (κ1) is 21.8. The van der Waals surface area contributed by atoms with Gasteiger partial charge in [-0.25, -0.2) is 0 Å². The van der Waals surface area contributed by atoms with E-state index in [4.69, 9.17) is 20.3 Å². The van der Waals surface area contributed by atoms with Crippen molar-refractivity contribution in [2.24, 2.45) is 5.73 Å². The van der Waals surface area contributed by atoms with Crippen LogP contribution < -0.4 is 5.73 Å². The molecule has 0 aromatic carbocycles. The van der Waals surface area contributed by atoms with Crippen LogP contribution in [0.3, 0.4) is 0 Å². The fourth-order valence-corrected chi connectivity index (χ4v) is 3.04. The third-order valence-electron chi connectivity index (χ3n) is 4.71. The highest BCUT2D eigenvalue weighted by Gasteiger charge is 2.42. The molecule has 0 radical (unpaired) electrons. The van der Waals surface area contributed by atoms with Crippen LogP contribution in [0.15, 0.2) is 0 Å². The number of hydrogen-bond acceptors (Lipinski definition) is 6. The van der Waals surface area contributed by atoms with E-state index < -0.39 is 30.6 Å². The zero-order valence-electron chi connectivity index (χ0n) is 15.1. The first-order chi connectivity index (χ1) is 11.6. The molecule has 6 nitrogen and oxygen atoms in total. The van der Waals surface area contributed by atoms with Crippen LogP contribution in [0.5, 0.6) is 0 Å². The second-order valence-electron chi connectivity index (χ2n) is 6.84. The maximum atomic E-state index is 9.85. The quantitative estimate of drug-likeness (QED) is 0.378. The van der Waals surface area contributed by atoms with Crippen LogP contribution in [0.1, 0.15) is 71.1 Å². The molecule has 5 atom stereocenters. The molecule has 0 bridgehead atoms. The van der Waals surface area contributed by atoms with Gasteiger partial charge < -0.3 is 30.5 Å². The van der Waals surface area contributed by atoms with Gasteiger partial charge in [0.1, 0.15) is 18.3 Å². The SMILES string of the molecule is CCCCCCCCCCCCOC1O[C@H](CO)[C@H](O)[C@H](O)[C@H]1N. The van der Waals surface area contributed by atoms with E-state index in [1.165, 1.54) is 51.4 Å². The van der Waals surface area contributed by atoms with Crippen molar-refractivity contribution in [1.29, 1.82) is 0 Å². The fraction of sp³-hybridized carbons (Fsp3) is 1.00. The van der Waals surface area contributed by atoms with Crippen LogP contribution in [0.2, 0.25) is 0 Å². The number of hydrogen-bond donors (Lipinski definition) is 4. The van der Waals surface area contributed by atoms with Crippen molar-refractivity contribution in [2.75, 3.05) is 13.2 Å². The summed E-state index contributed by atoms with van der Waals surface area (Å²) in [7, 11) is 0. The van der Waals surface area contributed by atoms with Crippen molar-refractivity contribution in [3.8, 4) is 0 Å². The number of unbranched alkanes of at least 4 members (excludes halogenated alkanes) is 9. The minimum absolute atomic E-state index is 0.372. The molecule has 5 N–H and O–H groups in total. The van der Waals surface area contributed by atoms with E-state index >= 15 is 0 Å². The molecule has 0 amide bonds. The number of aliphatic hydroxyl groups is 3. The maximum absolute atomic E-state index is 9.85. The van der Waals surface area contributed by atoms with Gasteiger partial charge in [0.15, 0.2) is 6.29 Å². The lowest BCUT2D eigenvalue weighted by Gasteiger charge is -2.40. The van der Waals surface area contributed by atoms with E-state index in [2.05, 4.69) is 6.92 Å². The van der Waals surface area contributed by atoms with Crippen molar-refractivity contribution in [3.05, 3.63) is 0 Å². The Morgan fingerprint density at radius 1 is 0.875 bits per heavy atom. The smallest absolute Gasteiger partial charge is 0.175 e. The number of rotatable bonds is 13. The molecule has 24 heavy (non-hydrogen) atoms. The van der Waals surface area contributed by atoms with E-state index in [1.54, 1.807) is 0 Å². The largest absolute Gasteiger partial charge is 0.394 e. The van der Waals surface area contributed by atoms with Crippen molar-refractivity contribution in [3.63, 3.8) is 0 Å². The monoisotopic (exact) mass is 347 g/mol. The van der Waals surface area contributed by atoms with E-state index in [0.717, 1.165) is 12.8 Å². The van der Waals surface area contributed by atoms with Gasteiger partial charge in [-0.15, -0.1) is 0 Å². The summed E-state index contributed by atoms with van der Waals surface area (Å²) in [6, 6.07) is -0.800. The Bertz CT molecular complexity index is 303. The minimum Gasteiger partial charge on any atom is -0.394 e. The molecule has 0 aliphatic carbocycles. The molecule has 1 heterocycles. The van der Waals surface area contributed by atoms with Crippen LogP contribution in [-0.2, 0) is 9.47 Å². The van der Waals surface area contributed by atoms with Gasteiger partial charge >= 0.3 is 0 Å². The predicted octanol–water partition coefficient (Wildman–Crippen LogP) is 1.69. The summed E-state index contributed by atoms with van der Waals surface area (Å²) in [6.45, 7) is 2.37. The standard InChI is InChI=1S/C18H37NO5/c1-2-3-4-5-6-7-8-9-10-11-12-23-18-15(19)17(22)16(21)14(13-20)24-18/h14-18,20-22H,2-13,19H2,1H3/t14-,15-,16+,17-,18?/m1/s1. The summed E-state index contributed by atoms with van der Waals surface area (Å²) in [5.74, 6) is 0. The zero-order chi connectivity index (χ0) is 17.8. The summed E-state index contributed by atoms with van der Waals surface area (Å²) >= 11 is 0. The van der Waals surface area contributed by atoms with Gasteiger partial charge in [0.2, 0.25) is 0 Å². The van der Waals surface area contributed by atoms with Crippen molar-refractivity contribution in [1.82, 2.24) is 0 Å². The molecular weight excluding hydrogens is 310 g/mol. The summed E-state index contributed by atoms with van der Waals surface area (Å²) in [5.41, 5.74) is 5.82. The number of ether oxygens (including phenoxy) is 2. The minimum atomic E-state index is -1.18. The lowest BCUT2D eigenvalue weighted by Crippen LogP contribution is -2.62. The fourth-order valence-electron chi connectivity index (χ4n) is 3.04. The van der Waals surface area contributed by atoms with E-state index in [1.807, 2.05) is 0 Å². The van der Waals surface area contributed by atoms with E-state index in [-0.39, 0.29) is 6.61 Å². The average Bonchev–Trinajstić information content (AvgIpc) is 2.59. The van der Waals surface area contributed by atoms with Gasteiger partial charge in [-0.2, -0.15) is 0 Å². The van der Waals surface area contributed by atoms with Crippen molar-refractivity contribution in [2.45, 2.75) is 102 Å². The molecule has 0 aromatic heterocycles. The molecule has 1 unspecified atom stereocenters. The Balaban J connectivity index is 2.02. The lowest BCUT2D eigenvalue weighted by atomic mass is 9.98. The third kappa shape index (κ3) is 7.76. The lowest BCUT2D eigenvalue weighted by molar-refractivity contribution is -0.265. The van der Waals surface area contributed by atoms with Crippen molar-refractivity contribution < 1.29 is 24.8 Å². The Labute approximate surface area is 146 Å². The summed E-state index contributed by atoms with van der Waals surface area (Å²) < 4.78 is 11.0. The average molecular weight is 347 g/mol. The van der Waals surface area contributed by atoms with Gasteiger partial charge in [0, 0.05) is 6.61 Å². The normalized spacial score (nSPS) is 30.6. The topological polar surface area (TPSA) is 105 Å². The van der Waals surface area contributed by atoms with Crippen LogP contribution in [-0.4, -0.2) is 59.2 Å². The molecule has 144 valence electrons. The molecule has 1 saturated heterocycles. The molecule has 1 aliphatic heterocycles. The Kier molecular flexibility index (Phi) is 11.8. The molecule has 1 aliphatic rings. The van der Waals surface area contributed by atoms with E-state index in [0.29, 0.717) is 6.61 Å². The van der Waals surface area contributed by atoms with Gasteiger partial charge in [-0.05, 0) is 6.42 Å². The number of nitrogens with two attached hydrogens (primary N) is 1. The first-order valence-corrected chi connectivity index (χ1v) is 9.61. The molecule has 1 fully saturated rings. The van der Waals surface area contributed by atoms with Gasteiger partial charge in [-0.1, -0.05) is 64.7 Å². The Morgan fingerprint density at radius 3 is 1.96 bits per heavy atom. The van der Waals surface area contributed by atoms with E-state index in [9.17, 15) is 10.2 Å². The van der Waals surface area contributed by atoms with Crippen molar-refractivity contribution >= 4 is 0 Å². The summed E-state index contributed by atoms with van der Waals surface area (Å²) in [5, 5.41) is 28.7.